The van der Waals surface area contributed by atoms with Gasteiger partial charge in [0.1, 0.15) is 5.75 Å². The molecule has 2 saturated carbocycles. The van der Waals surface area contributed by atoms with Gasteiger partial charge in [-0.2, -0.15) is 0 Å². The van der Waals surface area contributed by atoms with Crippen molar-refractivity contribution in [3.63, 3.8) is 0 Å². The van der Waals surface area contributed by atoms with Gasteiger partial charge in [0.15, 0.2) is 0 Å². The highest BCUT2D eigenvalue weighted by molar-refractivity contribution is 5.42. The predicted octanol–water partition coefficient (Wildman–Crippen LogP) is 3.16. The topological polar surface area (TPSA) is 35.2 Å². The second-order valence-corrected chi connectivity index (χ2v) is 6.38. The lowest BCUT2D eigenvalue weighted by Gasteiger charge is -2.61. The summed E-state index contributed by atoms with van der Waals surface area (Å²) in [6, 6.07) is 6.61. The number of aryl methyl sites for hydroxylation is 1. The summed E-state index contributed by atoms with van der Waals surface area (Å²) in [5.74, 6) is 0.995. The molecule has 2 aliphatic rings. The van der Waals surface area contributed by atoms with Gasteiger partial charge in [-0.1, -0.05) is 18.6 Å². The van der Waals surface area contributed by atoms with E-state index in [1.807, 2.05) is 0 Å². The van der Waals surface area contributed by atoms with Crippen LogP contribution in [0.25, 0.3) is 0 Å². The summed E-state index contributed by atoms with van der Waals surface area (Å²) in [7, 11) is 1.75. The van der Waals surface area contributed by atoms with Gasteiger partial charge in [-0.25, -0.2) is 0 Å². The van der Waals surface area contributed by atoms with Gasteiger partial charge in [-0.05, 0) is 55.2 Å². The molecule has 1 aromatic rings. The van der Waals surface area contributed by atoms with Crippen molar-refractivity contribution in [2.45, 2.75) is 44.4 Å². The van der Waals surface area contributed by atoms with Crippen LogP contribution in [0.15, 0.2) is 18.2 Å². The number of ether oxygens (including phenoxy) is 1. The molecule has 2 heteroatoms. The third-order valence-corrected chi connectivity index (χ3v) is 5.25. The smallest absolute Gasteiger partial charge is 0.122 e. The van der Waals surface area contributed by atoms with E-state index in [4.69, 9.17) is 10.5 Å². The Morgan fingerprint density at radius 2 is 2.00 bits per heavy atom. The Hall–Kier alpha value is -1.02. The Kier molecular flexibility index (Phi) is 2.67. The largest absolute Gasteiger partial charge is 0.496 e. The molecule has 1 aromatic carbocycles. The molecule has 0 aliphatic heterocycles. The Morgan fingerprint density at radius 1 is 1.28 bits per heavy atom. The first kappa shape index (κ1) is 12.0. The lowest BCUT2D eigenvalue weighted by molar-refractivity contribution is -0.0447. The monoisotopic (exact) mass is 245 g/mol. The maximum absolute atomic E-state index is 6.09. The van der Waals surface area contributed by atoms with Gasteiger partial charge in [0, 0.05) is 12.0 Å². The minimum atomic E-state index is 0.224. The molecule has 0 unspecified atom stereocenters. The lowest BCUT2D eigenvalue weighted by atomic mass is 9.44. The Balaban J connectivity index is 1.88. The van der Waals surface area contributed by atoms with Crippen molar-refractivity contribution in [2.24, 2.45) is 11.1 Å². The summed E-state index contributed by atoms with van der Waals surface area (Å²) in [6.07, 6.45) is 6.80. The zero-order valence-corrected chi connectivity index (χ0v) is 11.5. The molecule has 0 aromatic heterocycles. The summed E-state index contributed by atoms with van der Waals surface area (Å²) in [5.41, 5.74) is 9.54. The molecule has 0 bridgehead atoms. The maximum atomic E-state index is 6.09. The molecule has 18 heavy (non-hydrogen) atoms. The number of nitrogens with two attached hydrogens (primary N) is 1. The highest BCUT2D eigenvalue weighted by Crippen LogP contribution is 2.64. The number of hydrogen-bond donors (Lipinski definition) is 1. The average molecular weight is 245 g/mol. The normalized spacial score (nSPS) is 23.3. The van der Waals surface area contributed by atoms with E-state index in [9.17, 15) is 0 Å². The van der Waals surface area contributed by atoms with Crippen LogP contribution in [0, 0.1) is 12.3 Å². The first-order chi connectivity index (χ1) is 8.63. The highest BCUT2D eigenvalue weighted by Gasteiger charge is 2.56. The molecule has 2 fully saturated rings. The van der Waals surface area contributed by atoms with Crippen LogP contribution in [0.4, 0.5) is 0 Å². The van der Waals surface area contributed by atoms with E-state index in [0.29, 0.717) is 5.41 Å². The van der Waals surface area contributed by atoms with Crippen LogP contribution < -0.4 is 10.5 Å². The second kappa shape index (κ2) is 3.99. The minimum absolute atomic E-state index is 0.224. The summed E-state index contributed by atoms with van der Waals surface area (Å²) in [4.78, 5) is 0. The fourth-order valence-corrected chi connectivity index (χ4v) is 4.03. The zero-order chi connectivity index (χ0) is 12.8. The van der Waals surface area contributed by atoms with Crippen LogP contribution in [0.1, 0.15) is 43.2 Å². The van der Waals surface area contributed by atoms with Crippen molar-refractivity contribution in [1.29, 1.82) is 0 Å². The summed E-state index contributed by atoms with van der Waals surface area (Å²) in [6.45, 7) is 2.85. The Morgan fingerprint density at radius 3 is 2.50 bits per heavy atom. The minimum Gasteiger partial charge on any atom is -0.496 e. The summed E-state index contributed by atoms with van der Waals surface area (Å²) in [5, 5.41) is 0. The Labute approximate surface area is 110 Å². The van der Waals surface area contributed by atoms with Crippen molar-refractivity contribution in [3.8, 4) is 5.75 Å². The molecule has 0 atom stereocenters. The molecule has 2 nitrogen and oxygen atoms in total. The quantitative estimate of drug-likeness (QED) is 0.887. The lowest BCUT2D eigenvalue weighted by Crippen LogP contribution is -2.56. The van der Waals surface area contributed by atoms with Gasteiger partial charge in [0.2, 0.25) is 0 Å². The van der Waals surface area contributed by atoms with Gasteiger partial charge in [0.25, 0.3) is 0 Å². The molecule has 0 radical (unpaired) electrons. The third kappa shape index (κ3) is 1.58. The molecular formula is C16H23NO. The standard InChI is InChI=1S/C16H23NO/c1-12-4-5-13(8-14(12)18-2)16(11-17)9-15(10-16)6-3-7-15/h4-5,8H,3,6-7,9-11,17H2,1-2H3. The van der Waals surface area contributed by atoms with Crippen molar-refractivity contribution < 1.29 is 4.74 Å². The molecule has 1 spiro atoms. The van der Waals surface area contributed by atoms with Crippen molar-refractivity contribution >= 4 is 0 Å². The van der Waals surface area contributed by atoms with Crippen molar-refractivity contribution in [1.82, 2.24) is 0 Å². The number of benzene rings is 1. The van der Waals surface area contributed by atoms with Gasteiger partial charge < -0.3 is 10.5 Å². The van der Waals surface area contributed by atoms with Crippen molar-refractivity contribution in [2.75, 3.05) is 13.7 Å². The van der Waals surface area contributed by atoms with Crippen LogP contribution in [0.2, 0.25) is 0 Å². The van der Waals surface area contributed by atoms with Crippen LogP contribution in [0.3, 0.4) is 0 Å². The van der Waals surface area contributed by atoms with E-state index in [1.165, 1.54) is 43.2 Å². The van der Waals surface area contributed by atoms with Crippen LogP contribution in [-0.4, -0.2) is 13.7 Å². The van der Waals surface area contributed by atoms with Gasteiger partial charge in [0.05, 0.1) is 7.11 Å². The summed E-state index contributed by atoms with van der Waals surface area (Å²) < 4.78 is 5.45. The van der Waals surface area contributed by atoms with Gasteiger partial charge >= 0.3 is 0 Å². The molecule has 0 amide bonds. The van der Waals surface area contributed by atoms with Gasteiger partial charge in [-0.15, -0.1) is 0 Å². The van der Waals surface area contributed by atoms with Crippen LogP contribution in [-0.2, 0) is 5.41 Å². The zero-order valence-electron chi connectivity index (χ0n) is 11.5. The average Bonchev–Trinajstić information content (AvgIpc) is 2.28. The van der Waals surface area contributed by atoms with Crippen LogP contribution >= 0.6 is 0 Å². The molecule has 0 heterocycles. The number of methoxy groups -OCH3 is 1. The summed E-state index contributed by atoms with van der Waals surface area (Å²) >= 11 is 0. The van der Waals surface area contributed by atoms with E-state index in [0.717, 1.165) is 12.3 Å². The second-order valence-electron chi connectivity index (χ2n) is 6.38. The fourth-order valence-electron chi connectivity index (χ4n) is 4.03. The van der Waals surface area contributed by atoms with E-state index in [1.54, 1.807) is 7.11 Å². The Bertz CT molecular complexity index is 454. The van der Waals surface area contributed by atoms with Crippen LogP contribution in [0.5, 0.6) is 5.75 Å². The number of hydrogen-bond acceptors (Lipinski definition) is 2. The predicted molar refractivity (Wildman–Crippen MR) is 74.0 cm³/mol. The fraction of sp³-hybridized carbons (Fsp3) is 0.625. The first-order valence-electron chi connectivity index (χ1n) is 6.98. The van der Waals surface area contributed by atoms with Crippen molar-refractivity contribution in [3.05, 3.63) is 29.3 Å². The van der Waals surface area contributed by atoms with E-state index >= 15 is 0 Å². The molecule has 0 saturated heterocycles. The molecule has 98 valence electrons. The van der Waals surface area contributed by atoms with Gasteiger partial charge in [-0.3, -0.25) is 0 Å². The first-order valence-corrected chi connectivity index (χ1v) is 6.98. The number of rotatable bonds is 3. The molecule has 3 rings (SSSR count). The molecule has 2 N–H and O–H groups in total. The highest BCUT2D eigenvalue weighted by atomic mass is 16.5. The van der Waals surface area contributed by atoms with E-state index < -0.39 is 0 Å². The van der Waals surface area contributed by atoms with E-state index in [-0.39, 0.29) is 5.41 Å². The third-order valence-electron chi connectivity index (χ3n) is 5.25. The maximum Gasteiger partial charge on any atom is 0.122 e. The molecule has 2 aliphatic carbocycles. The van der Waals surface area contributed by atoms with E-state index in [2.05, 4.69) is 25.1 Å². The molecular weight excluding hydrogens is 222 g/mol. The SMILES string of the molecule is COc1cc(C2(CN)CC3(CCC3)C2)ccc1C.